The molecule has 8 heteroatoms. The molecular weight excluding hydrogens is 315 g/mol. The Labute approximate surface area is 132 Å². The quantitative estimate of drug-likeness (QED) is 0.715. The molecule has 0 amide bonds. The first-order valence-corrected chi connectivity index (χ1v) is 7.57. The smallest absolute Gasteiger partial charge is 0.406 e. The zero-order chi connectivity index (χ0) is 16.0. The monoisotopic (exact) mass is 334 g/mol. The van der Waals surface area contributed by atoms with E-state index in [2.05, 4.69) is 15.4 Å². The molecule has 1 fully saturated rings. The Kier molecular flexibility index (Phi) is 5.84. The van der Waals surface area contributed by atoms with Crippen LogP contribution in [0.5, 0.6) is 5.75 Å². The third-order valence-electron chi connectivity index (χ3n) is 3.42. The lowest BCUT2D eigenvalue weighted by Crippen LogP contribution is -3.10. The van der Waals surface area contributed by atoms with E-state index in [1.54, 1.807) is 4.90 Å². The van der Waals surface area contributed by atoms with Crippen molar-refractivity contribution >= 4 is 23.0 Å². The van der Waals surface area contributed by atoms with Gasteiger partial charge in [-0.25, -0.2) is 0 Å². The van der Waals surface area contributed by atoms with Gasteiger partial charge in [-0.2, -0.15) is 0 Å². The second-order valence-corrected chi connectivity index (χ2v) is 5.57. The Balaban J connectivity index is 1.71. The van der Waals surface area contributed by atoms with Gasteiger partial charge in [0.05, 0.1) is 26.2 Å². The molecule has 3 N–H and O–H groups in total. The Morgan fingerprint density at radius 3 is 2.41 bits per heavy atom. The molecule has 1 aromatic rings. The molecule has 0 atom stereocenters. The summed E-state index contributed by atoms with van der Waals surface area (Å²) >= 11 is 5.15. The van der Waals surface area contributed by atoms with Gasteiger partial charge in [0, 0.05) is 18.5 Å². The van der Waals surface area contributed by atoms with E-state index < -0.39 is 6.36 Å². The Morgan fingerprint density at radius 2 is 1.82 bits per heavy atom. The van der Waals surface area contributed by atoms with Gasteiger partial charge in [0.15, 0.2) is 5.11 Å². The number of rotatable bonds is 5. The summed E-state index contributed by atoms with van der Waals surface area (Å²) in [6.07, 6.45) is -2.11. The van der Waals surface area contributed by atoms with Gasteiger partial charge in [0.2, 0.25) is 0 Å². The molecule has 0 spiro atoms. The molecule has 2 rings (SSSR count). The number of quaternary nitrogens is 1. The zero-order valence-electron chi connectivity index (χ0n) is 12.0. The van der Waals surface area contributed by atoms with E-state index in [0.29, 0.717) is 10.8 Å². The summed E-state index contributed by atoms with van der Waals surface area (Å²) in [5, 5.41) is 6.49. The molecule has 1 aliphatic rings. The van der Waals surface area contributed by atoms with Crippen LogP contribution in [0.3, 0.4) is 0 Å². The van der Waals surface area contributed by atoms with Crippen LogP contribution < -0.4 is 20.3 Å². The predicted octanol–water partition coefficient (Wildman–Crippen LogP) is 1.55. The largest absolute Gasteiger partial charge is 0.573 e. The number of hydrogen-bond donors (Lipinski definition) is 3. The number of anilines is 1. The van der Waals surface area contributed by atoms with Gasteiger partial charge in [-0.15, -0.1) is 13.2 Å². The summed E-state index contributed by atoms with van der Waals surface area (Å²) in [4.78, 5) is 1.57. The summed E-state index contributed by atoms with van der Waals surface area (Å²) in [5.41, 5.74) is 0.612. The SMILES string of the molecule is FC(F)(F)Oc1ccc(NC(=S)NCC[NH+]2CCCC2)cc1. The standard InChI is InChI=1S/C14H18F3N3OS/c15-14(16,17)21-12-5-3-11(4-6-12)19-13(22)18-7-10-20-8-1-2-9-20/h3-6H,1-2,7-10H2,(H2,18,19,22)/p+1. The highest BCUT2D eigenvalue weighted by atomic mass is 32.1. The first kappa shape index (κ1) is 16.8. The van der Waals surface area contributed by atoms with Crippen LogP contribution in [0.25, 0.3) is 0 Å². The highest BCUT2D eigenvalue weighted by molar-refractivity contribution is 7.80. The summed E-state index contributed by atoms with van der Waals surface area (Å²) in [5.74, 6) is -0.255. The van der Waals surface area contributed by atoms with E-state index >= 15 is 0 Å². The average Bonchev–Trinajstić information content (AvgIpc) is 2.92. The van der Waals surface area contributed by atoms with Gasteiger partial charge in [0.1, 0.15) is 5.75 Å². The van der Waals surface area contributed by atoms with Gasteiger partial charge in [-0.1, -0.05) is 0 Å². The third-order valence-corrected chi connectivity index (χ3v) is 3.67. The van der Waals surface area contributed by atoms with Gasteiger partial charge < -0.3 is 20.3 Å². The normalized spacial score (nSPS) is 15.6. The van der Waals surface area contributed by atoms with E-state index in [4.69, 9.17) is 12.2 Å². The molecule has 1 aromatic carbocycles. The molecule has 0 bridgehead atoms. The number of nitrogens with one attached hydrogen (secondary N) is 3. The lowest BCUT2D eigenvalue weighted by molar-refractivity contribution is -0.886. The number of thiocarbonyl (C=S) groups is 1. The molecule has 122 valence electrons. The molecule has 0 saturated carbocycles. The maximum atomic E-state index is 12.0. The fourth-order valence-electron chi connectivity index (χ4n) is 2.39. The maximum absolute atomic E-state index is 12.0. The lowest BCUT2D eigenvalue weighted by Gasteiger charge is -2.14. The maximum Gasteiger partial charge on any atom is 0.573 e. The first-order valence-electron chi connectivity index (χ1n) is 7.16. The molecular formula is C14H19F3N3OS+. The third kappa shape index (κ3) is 6.07. The second-order valence-electron chi connectivity index (χ2n) is 5.16. The van der Waals surface area contributed by atoms with E-state index in [-0.39, 0.29) is 5.75 Å². The van der Waals surface area contributed by atoms with Crippen molar-refractivity contribution in [2.24, 2.45) is 0 Å². The first-order chi connectivity index (χ1) is 10.4. The highest BCUT2D eigenvalue weighted by Gasteiger charge is 2.30. The Hall–Kier alpha value is -1.54. The number of hydrogen-bond acceptors (Lipinski definition) is 2. The van der Waals surface area contributed by atoms with Crippen LogP contribution >= 0.6 is 12.2 Å². The minimum atomic E-state index is -4.68. The van der Waals surface area contributed by atoms with E-state index in [0.717, 1.165) is 13.1 Å². The van der Waals surface area contributed by atoms with E-state index in [1.807, 2.05) is 0 Å². The van der Waals surface area contributed by atoms with Crippen molar-refractivity contribution in [3.05, 3.63) is 24.3 Å². The molecule has 0 unspecified atom stereocenters. The topological polar surface area (TPSA) is 37.7 Å². The minimum Gasteiger partial charge on any atom is -0.406 e. The van der Waals surface area contributed by atoms with Gasteiger partial charge in [-0.05, 0) is 36.5 Å². The summed E-state index contributed by atoms with van der Waals surface area (Å²) in [6, 6.07) is 5.46. The molecule has 1 saturated heterocycles. The average molecular weight is 334 g/mol. The number of halogens is 3. The van der Waals surface area contributed by atoms with Crippen molar-refractivity contribution in [2.75, 3.05) is 31.5 Å². The molecule has 0 aliphatic carbocycles. The molecule has 1 aliphatic heterocycles. The van der Waals surface area contributed by atoms with Crippen LogP contribution in [0.15, 0.2) is 24.3 Å². The van der Waals surface area contributed by atoms with Crippen LogP contribution in [0.1, 0.15) is 12.8 Å². The van der Waals surface area contributed by atoms with Crippen molar-refractivity contribution in [1.29, 1.82) is 0 Å². The van der Waals surface area contributed by atoms with Crippen LogP contribution in [0, 0.1) is 0 Å². The minimum absolute atomic E-state index is 0.255. The van der Waals surface area contributed by atoms with Crippen molar-refractivity contribution in [3.63, 3.8) is 0 Å². The Bertz CT molecular complexity index is 487. The predicted molar refractivity (Wildman–Crippen MR) is 82.1 cm³/mol. The second kappa shape index (κ2) is 7.64. The zero-order valence-corrected chi connectivity index (χ0v) is 12.8. The molecule has 22 heavy (non-hydrogen) atoms. The highest BCUT2D eigenvalue weighted by Crippen LogP contribution is 2.23. The molecule has 1 heterocycles. The fraction of sp³-hybridized carbons (Fsp3) is 0.500. The lowest BCUT2D eigenvalue weighted by atomic mass is 10.3. The van der Waals surface area contributed by atoms with Crippen LogP contribution in [-0.4, -0.2) is 37.7 Å². The molecule has 0 aromatic heterocycles. The van der Waals surface area contributed by atoms with Crippen molar-refractivity contribution < 1.29 is 22.8 Å². The van der Waals surface area contributed by atoms with E-state index in [9.17, 15) is 13.2 Å². The van der Waals surface area contributed by atoms with Gasteiger partial charge in [0.25, 0.3) is 0 Å². The molecule has 4 nitrogen and oxygen atoms in total. The van der Waals surface area contributed by atoms with Crippen molar-refractivity contribution in [2.45, 2.75) is 19.2 Å². The number of ether oxygens (including phenoxy) is 1. The Morgan fingerprint density at radius 1 is 1.18 bits per heavy atom. The van der Waals surface area contributed by atoms with Crippen LogP contribution in [-0.2, 0) is 0 Å². The van der Waals surface area contributed by atoms with E-state index in [1.165, 1.54) is 50.2 Å². The number of likely N-dealkylation sites (tertiary alicyclic amines) is 1. The number of alkyl halides is 3. The summed E-state index contributed by atoms with van der Waals surface area (Å²) in [6.45, 7) is 4.21. The van der Waals surface area contributed by atoms with Crippen LogP contribution in [0.4, 0.5) is 18.9 Å². The fourth-order valence-corrected chi connectivity index (χ4v) is 2.61. The molecule has 0 radical (unpaired) electrons. The van der Waals surface area contributed by atoms with Crippen molar-refractivity contribution in [1.82, 2.24) is 5.32 Å². The van der Waals surface area contributed by atoms with Gasteiger partial charge >= 0.3 is 6.36 Å². The summed E-state index contributed by atoms with van der Waals surface area (Å²) in [7, 11) is 0. The van der Waals surface area contributed by atoms with Gasteiger partial charge in [-0.3, -0.25) is 0 Å². The van der Waals surface area contributed by atoms with Crippen LogP contribution in [0.2, 0.25) is 0 Å². The van der Waals surface area contributed by atoms with Crippen molar-refractivity contribution in [3.8, 4) is 5.75 Å². The summed E-state index contributed by atoms with van der Waals surface area (Å²) < 4.78 is 40.0. The number of benzene rings is 1.